The van der Waals surface area contributed by atoms with Gasteiger partial charge in [0.05, 0.1) is 5.69 Å². The van der Waals surface area contributed by atoms with Gasteiger partial charge in [0.25, 0.3) is 0 Å². The zero-order chi connectivity index (χ0) is 7.40. The fraction of sp³-hybridized carbons (Fsp3) is 0.286. The molecule has 0 unspecified atom stereocenters. The van der Waals surface area contributed by atoms with Crippen LogP contribution in [0.1, 0.15) is 12.6 Å². The number of hydrogen-bond donors (Lipinski definition) is 2. The van der Waals surface area contributed by atoms with Crippen LogP contribution in [0.2, 0.25) is 0 Å². The van der Waals surface area contributed by atoms with Crippen LogP contribution in [-0.2, 0) is 0 Å². The summed E-state index contributed by atoms with van der Waals surface area (Å²) in [5.41, 5.74) is 2.20. The predicted molar refractivity (Wildman–Crippen MR) is 41.3 cm³/mol. The van der Waals surface area contributed by atoms with Crippen molar-refractivity contribution in [2.45, 2.75) is 6.92 Å². The van der Waals surface area contributed by atoms with E-state index >= 15 is 0 Å². The number of nitrogens with zero attached hydrogens (tertiary/aromatic N) is 1. The SMILES string of the molecule is CN/C=C(\C)c1ccn[nH]1. The van der Waals surface area contributed by atoms with Gasteiger partial charge >= 0.3 is 0 Å². The van der Waals surface area contributed by atoms with E-state index in [-0.39, 0.29) is 0 Å². The summed E-state index contributed by atoms with van der Waals surface area (Å²) >= 11 is 0. The molecule has 0 aliphatic rings. The van der Waals surface area contributed by atoms with Crippen molar-refractivity contribution in [3.05, 3.63) is 24.2 Å². The van der Waals surface area contributed by atoms with Crippen LogP contribution < -0.4 is 5.32 Å². The quantitative estimate of drug-likeness (QED) is 0.638. The second-order valence-electron chi connectivity index (χ2n) is 2.09. The molecule has 1 aromatic heterocycles. The summed E-state index contributed by atoms with van der Waals surface area (Å²) in [6, 6.07) is 1.93. The molecule has 0 saturated heterocycles. The summed E-state index contributed by atoms with van der Waals surface area (Å²) in [5, 5.41) is 9.64. The summed E-state index contributed by atoms with van der Waals surface area (Å²) in [5.74, 6) is 0. The van der Waals surface area contributed by atoms with Crippen molar-refractivity contribution in [2.75, 3.05) is 7.05 Å². The number of hydrogen-bond acceptors (Lipinski definition) is 2. The van der Waals surface area contributed by atoms with Crippen LogP contribution in [0.15, 0.2) is 18.5 Å². The van der Waals surface area contributed by atoms with Gasteiger partial charge in [-0.25, -0.2) is 0 Å². The van der Waals surface area contributed by atoms with Crippen molar-refractivity contribution in [1.29, 1.82) is 0 Å². The zero-order valence-corrected chi connectivity index (χ0v) is 6.18. The molecule has 0 aliphatic carbocycles. The molecule has 3 nitrogen and oxygen atoms in total. The lowest BCUT2D eigenvalue weighted by Gasteiger charge is -1.94. The van der Waals surface area contributed by atoms with Gasteiger partial charge in [-0.1, -0.05) is 0 Å². The molecular formula is C7H11N3. The van der Waals surface area contributed by atoms with Crippen molar-refractivity contribution in [3.8, 4) is 0 Å². The largest absolute Gasteiger partial charge is 0.394 e. The van der Waals surface area contributed by atoms with E-state index in [2.05, 4.69) is 15.5 Å². The predicted octanol–water partition coefficient (Wildman–Crippen LogP) is 0.990. The van der Waals surface area contributed by atoms with Crippen molar-refractivity contribution < 1.29 is 0 Å². The Morgan fingerprint density at radius 3 is 3.10 bits per heavy atom. The van der Waals surface area contributed by atoms with E-state index in [4.69, 9.17) is 0 Å². The van der Waals surface area contributed by atoms with E-state index in [0.29, 0.717) is 0 Å². The van der Waals surface area contributed by atoms with Crippen LogP contribution in [0.3, 0.4) is 0 Å². The van der Waals surface area contributed by atoms with Gasteiger partial charge in [0, 0.05) is 19.4 Å². The van der Waals surface area contributed by atoms with E-state index < -0.39 is 0 Å². The highest BCUT2D eigenvalue weighted by molar-refractivity contribution is 5.59. The lowest BCUT2D eigenvalue weighted by Crippen LogP contribution is -1.94. The summed E-state index contributed by atoms with van der Waals surface area (Å²) in [7, 11) is 1.87. The number of allylic oxidation sites excluding steroid dienone is 1. The number of nitrogens with one attached hydrogen (secondary N) is 2. The Hall–Kier alpha value is -1.25. The summed E-state index contributed by atoms with van der Waals surface area (Å²) in [6.45, 7) is 2.02. The maximum atomic E-state index is 3.83. The van der Waals surface area contributed by atoms with Gasteiger partial charge in [0.15, 0.2) is 0 Å². The fourth-order valence-corrected chi connectivity index (χ4v) is 0.770. The standard InChI is InChI=1S/C7H11N3/c1-6(5-8-2)7-3-4-9-10-7/h3-5,8H,1-2H3,(H,9,10)/b6-5+. The molecule has 1 rings (SSSR count). The first kappa shape index (κ1) is 6.86. The zero-order valence-electron chi connectivity index (χ0n) is 6.18. The van der Waals surface area contributed by atoms with Crippen LogP contribution in [0, 0.1) is 0 Å². The highest BCUT2D eigenvalue weighted by Crippen LogP contribution is 2.06. The first-order valence-corrected chi connectivity index (χ1v) is 3.18. The highest BCUT2D eigenvalue weighted by atomic mass is 15.1. The maximum Gasteiger partial charge on any atom is 0.0621 e. The highest BCUT2D eigenvalue weighted by Gasteiger charge is 1.92. The molecule has 0 radical (unpaired) electrons. The maximum absolute atomic E-state index is 3.83. The summed E-state index contributed by atoms with van der Waals surface area (Å²) in [6.07, 6.45) is 3.66. The van der Waals surface area contributed by atoms with E-state index in [0.717, 1.165) is 11.3 Å². The minimum absolute atomic E-state index is 1.05. The first-order chi connectivity index (χ1) is 4.84. The minimum atomic E-state index is 1.05. The van der Waals surface area contributed by atoms with Crippen LogP contribution in [0.5, 0.6) is 0 Å². The normalized spacial score (nSPS) is 11.6. The third-order valence-corrected chi connectivity index (χ3v) is 1.29. The first-order valence-electron chi connectivity index (χ1n) is 3.18. The van der Waals surface area contributed by atoms with Crippen molar-refractivity contribution in [2.24, 2.45) is 0 Å². The van der Waals surface area contributed by atoms with Crippen molar-refractivity contribution in [3.63, 3.8) is 0 Å². The molecule has 0 aromatic carbocycles. The molecule has 0 atom stereocenters. The van der Waals surface area contributed by atoms with Gasteiger partial charge in [-0.05, 0) is 18.6 Å². The van der Waals surface area contributed by atoms with E-state index in [9.17, 15) is 0 Å². The van der Waals surface area contributed by atoms with Gasteiger partial charge in [-0.2, -0.15) is 5.10 Å². The molecule has 54 valence electrons. The Kier molecular flexibility index (Phi) is 2.10. The van der Waals surface area contributed by atoms with Crippen LogP contribution in [-0.4, -0.2) is 17.2 Å². The number of aromatic nitrogens is 2. The molecule has 0 bridgehead atoms. The average Bonchev–Trinajstić information content (AvgIpc) is 2.38. The van der Waals surface area contributed by atoms with Gasteiger partial charge in [0.1, 0.15) is 0 Å². The Morgan fingerprint density at radius 2 is 2.60 bits per heavy atom. The Bertz CT molecular complexity index is 211. The molecule has 0 saturated carbocycles. The van der Waals surface area contributed by atoms with Gasteiger partial charge < -0.3 is 5.32 Å². The average molecular weight is 137 g/mol. The van der Waals surface area contributed by atoms with Crippen molar-refractivity contribution >= 4 is 5.57 Å². The molecule has 3 heteroatoms. The molecular weight excluding hydrogens is 126 g/mol. The van der Waals surface area contributed by atoms with Crippen LogP contribution in [0.25, 0.3) is 5.57 Å². The third-order valence-electron chi connectivity index (χ3n) is 1.29. The second-order valence-corrected chi connectivity index (χ2v) is 2.09. The van der Waals surface area contributed by atoms with E-state index in [1.54, 1.807) is 6.20 Å². The lowest BCUT2D eigenvalue weighted by atomic mass is 10.2. The smallest absolute Gasteiger partial charge is 0.0621 e. The number of rotatable bonds is 2. The minimum Gasteiger partial charge on any atom is -0.394 e. The molecule has 0 fully saturated rings. The van der Waals surface area contributed by atoms with Crippen molar-refractivity contribution in [1.82, 2.24) is 15.5 Å². The summed E-state index contributed by atoms with van der Waals surface area (Å²) in [4.78, 5) is 0. The molecule has 0 spiro atoms. The topological polar surface area (TPSA) is 40.7 Å². The molecule has 0 aliphatic heterocycles. The van der Waals surface area contributed by atoms with Gasteiger partial charge in [-0.15, -0.1) is 0 Å². The Balaban J connectivity index is 2.77. The van der Waals surface area contributed by atoms with Gasteiger partial charge in [-0.3, -0.25) is 5.10 Å². The second kappa shape index (κ2) is 3.06. The lowest BCUT2D eigenvalue weighted by molar-refractivity contribution is 1.06. The molecule has 1 heterocycles. The number of aromatic amines is 1. The monoisotopic (exact) mass is 137 g/mol. The van der Waals surface area contributed by atoms with Crippen LogP contribution in [0.4, 0.5) is 0 Å². The Morgan fingerprint density at radius 1 is 1.80 bits per heavy atom. The van der Waals surface area contributed by atoms with Crippen LogP contribution >= 0.6 is 0 Å². The fourth-order valence-electron chi connectivity index (χ4n) is 0.770. The Labute approximate surface area is 60.1 Å². The molecule has 10 heavy (non-hydrogen) atoms. The molecule has 2 N–H and O–H groups in total. The number of H-pyrrole nitrogens is 1. The van der Waals surface area contributed by atoms with E-state index in [1.165, 1.54) is 0 Å². The molecule has 1 aromatic rings. The summed E-state index contributed by atoms with van der Waals surface area (Å²) < 4.78 is 0. The third kappa shape index (κ3) is 1.37. The molecule has 0 amide bonds. The van der Waals surface area contributed by atoms with E-state index in [1.807, 2.05) is 26.2 Å². The van der Waals surface area contributed by atoms with Gasteiger partial charge in [0.2, 0.25) is 0 Å².